The maximum absolute atomic E-state index is 11.4. The Morgan fingerprint density at radius 2 is 2.23 bits per heavy atom. The van der Waals surface area contributed by atoms with Crippen LogP contribution in [0.3, 0.4) is 0 Å². The number of anilines is 1. The number of aliphatic imine (C=N–C) groups is 1. The van der Waals surface area contributed by atoms with Gasteiger partial charge in [-0.2, -0.15) is 0 Å². The number of hydrogen-bond acceptors (Lipinski definition) is 6. The van der Waals surface area contributed by atoms with Crippen molar-refractivity contribution in [1.82, 2.24) is 4.90 Å². The Morgan fingerprint density at radius 1 is 1.45 bits per heavy atom. The SMILES string of the molecule is NCCCC1CCN(C2N=CNc3cc(C(N)=O)sc32)CC1. The molecule has 1 saturated heterocycles. The molecule has 6 nitrogen and oxygen atoms in total. The van der Waals surface area contributed by atoms with Crippen LogP contribution in [0.2, 0.25) is 0 Å². The average molecular weight is 321 g/mol. The van der Waals surface area contributed by atoms with Gasteiger partial charge < -0.3 is 16.8 Å². The molecule has 1 atom stereocenters. The van der Waals surface area contributed by atoms with Crippen LogP contribution < -0.4 is 16.8 Å². The van der Waals surface area contributed by atoms with Crippen molar-refractivity contribution in [2.24, 2.45) is 22.4 Å². The predicted molar refractivity (Wildman–Crippen MR) is 90.3 cm³/mol. The van der Waals surface area contributed by atoms with Gasteiger partial charge in [-0.25, -0.2) is 0 Å². The van der Waals surface area contributed by atoms with Crippen molar-refractivity contribution >= 4 is 29.3 Å². The van der Waals surface area contributed by atoms with Crippen LogP contribution in [0.4, 0.5) is 5.69 Å². The summed E-state index contributed by atoms with van der Waals surface area (Å²) in [5.74, 6) is 0.412. The number of carbonyl (C=O) groups excluding carboxylic acids is 1. The molecule has 0 radical (unpaired) electrons. The smallest absolute Gasteiger partial charge is 0.258 e. The molecule has 0 spiro atoms. The fourth-order valence-electron chi connectivity index (χ4n) is 3.23. The summed E-state index contributed by atoms with van der Waals surface area (Å²) >= 11 is 1.45. The number of nitrogens with zero attached hydrogens (tertiary/aromatic N) is 2. The number of amides is 1. The molecule has 0 bridgehead atoms. The van der Waals surface area contributed by atoms with Gasteiger partial charge in [0.2, 0.25) is 0 Å². The number of primary amides is 1. The van der Waals surface area contributed by atoms with E-state index in [0.29, 0.717) is 4.88 Å². The van der Waals surface area contributed by atoms with E-state index in [2.05, 4.69) is 15.2 Å². The van der Waals surface area contributed by atoms with Crippen molar-refractivity contribution in [2.75, 3.05) is 25.0 Å². The van der Waals surface area contributed by atoms with Crippen molar-refractivity contribution in [2.45, 2.75) is 31.8 Å². The topological polar surface area (TPSA) is 96.7 Å². The highest BCUT2D eigenvalue weighted by Crippen LogP contribution is 2.39. The zero-order valence-electron chi connectivity index (χ0n) is 12.6. The second-order valence-electron chi connectivity index (χ2n) is 5.96. The molecule has 2 aliphatic rings. The lowest BCUT2D eigenvalue weighted by Gasteiger charge is -2.36. The Kier molecular flexibility index (Phi) is 4.75. The monoisotopic (exact) mass is 321 g/mol. The van der Waals surface area contributed by atoms with Crippen LogP contribution in [-0.2, 0) is 0 Å². The van der Waals surface area contributed by atoms with Gasteiger partial charge in [-0.15, -0.1) is 11.3 Å². The first-order valence-electron chi connectivity index (χ1n) is 7.85. The fourth-order valence-corrected chi connectivity index (χ4v) is 4.29. The van der Waals surface area contributed by atoms with Gasteiger partial charge in [-0.3, -0.25) is 14.7 Å². The molecule has 1 amide bonds. The first kappa shape index (κ1) is 15.5. The molecule has 2 aliphatic heterocycles. The second-order valence-corrected chi connectivity index (χ2v) is 7.04. The first-order chi connectivity index (χ1) is 10.7. The van der Waals surface area contributed by atoms with Crippen molar-refractivity contribution in [3.8, 4) is 0 Å². The lowest BCUT2D eigenvalue weighted by atomic mass is 9.92. The molecule has 5 N–H and O–H groups in total. The zero-order chi connectivity index (χ0) is 15.5. The third kappa shape index (κ3) is 3.16. The Balaban J connectivity index is 1.67. The van der Waals surface area contributed by atoms with E-state index in [4.69, 9.17) is 11.5 Å². The van der Waals surface area contributed by atoms with E-state index in [1.807, 2.05) is 6.07 Å². The Morgan fingerprint density at radius 3 is 2.91 bits per heavy atom. The first-order valence-corrected chi connectivity index (χ1v) is 8.66. The third-order valence-corrected chi connectivity index (χ3v) is 5.68. The van der Waals surface area contributed by atoms with Crippen molar-refractivity contribution in [1.29, 1.82) is 0 Å². The van der Waals surface area contributed by atoms with Gasteiger partial charge in [0.15, 0.2) is 0 Å². The van der Waals surface area contributed by atoms with E-state index < -0.39 is 0 Å². The molecule has 120 valence electrons. The van der Waals surface area contributed by atoms with Crippen LogP contribution in [0.15, 0.2) is 11.1 Å². The number of likely N-dealkylation sites (tertiary alicyclic amines) is 1. The van der Waals surface area contributed by atoms with Gasteiger partial charge in [-0.05, 0) is 44.2 Å². The van der Waals surface area contributed by atoms with E-state index in [-0.39, 0.29) is 12.1 Å². The van der Waals surface area contributed by atoms with Gasteiger partial charge in [0.25, 0.3) is 5.91 Å². The molecule has 0 aliphatic carbocycles. The number of nitrogens with two attached hydrogens (primary N) is 2. The third-order valence-electron chi connectivity index (χ3n) is 4.49. The number of thiophene rings is 1. The molecular weight excluding hydrogens is 298 g/mol. The quantitative estimate of drug-likeness (QED) is 0.769. The zero-order valence-corrected chi connectivity index (χ0v) is 13.4. The van der Waals surface area contributed by atoms with Gasteiger partial charge in [-0.1, -0.05) is 0 Å². The van der Waals surface area contributed by atoms with Crippen molar-refractivity contribution in [3.05, 3.63) is 15.8 Å². The molecule has 7 heteroatoms. The molecule has 1 aromatic rings. The molecule has 1 fully saturated rings. The summed E-state index contributed by atoms with van der Waals surface area (Å²) in [6, 6.07) is 1.83. The molecule has 3 rings (SSSR count). The second kappa shape index (κ2) is 6.76. The van der Waals surface area contributed by atoms with Crippen molar-refractivity contribution in [3.63, 3.8) is 0 Å². The van der Waals surface area contributed by atoms with Gasteiger partial charge >= 0.3 is 0 Å². The van der Waals surface area contributed by atoms with Crippen LogP contribution in [0.5, 0.6) is 0 Å². The van der Waals surface area contributed by atoms with E-state index in [1.165, 1.54) is 30.6 Å². The van der Waals surface area contributed by atoms with E-state index >= 15 is 0 Å². The largest absolute Gasteiger partial charge is 0.365 e. The lowest BCUT2D eigenvalue weighted by molar-refractivity contribution is 0.100. The van der Waals surface area contributed by atoms with Gasteiger partial charge in [0, 0.05) is 13.1 Å². The number of fused-ring (bicyclic) bond motifs is 1. The molecular formula is C15H23N5OS. The maximum atomic E-state index is 11.4. The Bertz CT molecular complexity index is 562. The van der Waals surface area contributed by atoms with Gasteiger partial charge in [0.1, 0.15) is 6.17 Å². The summed E-state index contributed by atoms with van der Waals surface area (Å²) in [6.07, 6.45) is 6.49. The summed E-state index contributed by atoms with van der Waals surface area (Å²) in [6.45, 7) is 2.87. The average Bonchev–Trinajstić information content (AvgIpc) is 2.98. The van der Waals surface area contributed by atoms with Crippen LogP contribution in [-0.4, -0.2) is 36.8 Å². The molecule has 22 heavy (non-hydrogen) atoms. The summed E-state index contributed by atoms with van der Waals surface area (Å²) in [5.41, 5.74) is 12.0. The number of rotatable bonds is 5. The predicted octanol–water partition coefficient (Wildman–Crippen LogP) is 1.75. The highest BCUT2D eigenvalue weighted by molar-refractivity contribution is 7.14. The fraction of sp³-hybridized carbons (Fsp3) is 0.600. The summed E-state index contributed by atoms with van der Waals surface area (Å²) < 4.78 is 0. The highest BCUT2D eigenvalue weighted by Gasteiger charge is 2.30. The molecule has 0 saturated carbocycles. The minimum absolute atomic E-state index is 0.0183. The molecule has 1 aromatic heterocycles. The van der Waals surface area contributed by atoms with E-state index in [0.717, 1.165) is 42.5 Å². The summed E-state index contributed by atoms with van der Waals surface area (Å²) in [5, 5.41) is 3.11. The molecule has 1 unspecified atom stereocenters. The van der Waals surface area contributed by atoms with Crippen LogP contribution in [0, 0.1) is 5.92 Å². The van der Waals surface area contributed by atoms with Crippen molar-refractivity contribution < 1.29 is 4.79 Å². The van der Waals surface area contributed by atoms with Crippen LogP contribution in [0.25, 0.3) is 0 Å². The number of carbonyl (C=O) groups is 1. The van der Waals surface area contributed by atoms with Crippen LogP contribution in [0.1, 0.15) is 46.4 Å². The standard InChI is InChI=1S/C15H23N5OS/c16-5-1-2-10-3-6-20(7-4-10)15-13-11(18-9-19-15)8-12(22-13)14(17)21/h8-10,15H,1-7,16H2,(H2,17,21)(H,18,19). The van der Waals surface area contributed by atoms with Gasteiger partial charge in [0.05, 0.1) is 21.8 Å². The Labute approximate surface area is 134 Å². The molecule has 3 heterocycles. The number of nitrogens with one attached hydrogen (secondary N) is 1. The lowest BCUT2D eigenvalue weighted by Crippen LogP contribution is -2.37. The Hall–Kier alpha value is -1.44. The van der Waals surface area contributed by atoms with E-state index in [1.54, 1.807) is 6.34 Å². The maximum Gasteiger partial charge on any atom is 0.258 e. The number of piperidine rings is 1. The summed E-state index contributed by atoms with van der Waals surface area (Å²) in [4.78, 5) is 20.0. The summed E-state index contributed by atoms with van der Waals surface area (Å²) in [7, 11) is 0. The van der Waals surface area contributed by atoms with Crippen LogP contribution >= 0.6 is 11.3 Å². The minimum atomic E-state index is -0.375. The highest BCUT2D eigenvalue weighted by atomic mass is 32.1. The molecule has 0 aromatic carbocycles. The van der Waals surface area contributed by atoms with E-state index in [9.17, 15) is 4.79 Å². The number of hydrogen-bond donors (Lipinski definition) is 3. The minimum Gasteiger partial charge on any atom is -0.365 e. The normalized spacial score (nSPS) is 22.3.